The second kappa shape index (κ2) is 2.06. The van der Waals surface area contributed by atoms with Gasteiger partial charge in [0, 0.05) is 13.8 Å². The van der Waals surface area contributed by atoms with E-state index in [1.165, 1.54) is 0 Å². The normalized spacial score (nSPS) is 55.5. The van der Waals surface area contributed by atoms with Crippen molar-refractivity contribution in [1.29, 1.82) is 0 Å². The second-order valence-electron chi connectivity index (χ2n) is 2.23. The fourth-order valence-corrected chi connectivity index (χ4v) is 1.35. The van der Waals surface area contributed by atoms with Crippen LogP contribution < -0.4 is 0 Å². The predicted octanol–water partition coefficient (Wildman–Crippen LogP) is 2.60. The minimum absolute atomic E-state index is 0.787. The Labute approximate surface area is 57.3 Å². The zero-order valence-electron chi connectivity index (χ0n) is 5.40. The first kappa shape index (κ1) is 8.24. The van der Waals surface area contributed by atoms with Gasteiger partial charge in [0.1, 0.15) is 0 Å². The average molecular weight is 174 g/mol. The Kier molecular flexibility index (Phi) is 1.70. The van der Waals surface area contributed by atoms with Gasteiger partial charge in [0.15, 0.2) is 0 Å². The summed E-state index contributed by atoms with van der Waals surface area (Å²) in [7, 11) is -2.89. The lowest BCUT2D eigenvalue weighted by molar-refractivity contribution is -0.191. The summed E-state index contributed by atoms with van der Waals surface area (Å²) in [5.41, 5.74) is 0. The molecule has 2 unspecified atom stereocenters. The van der Waals surface area contributed by atoms with Crippen LogP contribution in [-0.2, 0) is 9.05 Å². The van der Waals surface area contributed by atoms with E-state index in [0.717, 1.165) is 13.8 Å². The highest BCUT2D eigenvalue weighted by Gasteiger charge is 2.59. The van der Waals surface area contributed by atoms with E-state index in [-0.39, 0.29) is 0 Å². The SMILES string of the molecule is CC1(F)OP(F)OC1(C)F. The van der Waals surface area contributed by atoms with Crippen molar-refractivity contribution in [3.63, 3.8) is 0 Å². The molecular weight excluding hydrogens is 168 g/mol. The molecular formula is C4H6F3O2P. The molecule has 0 spiro atoms. The Balaban J connectivity index is 2.78. The van der Waals surface area contributed by atoms with E-state index in [9.17, 15) is 13.0 Å². The fourth-order valence-electron chi connectivity index (χ4n) is 0.451. The van der Waals surface area contributed by atoms with Gasteiger partial charge >= 0.3 is 8.69 Å². The summed E-state index contributed by atoms with van der Waals surface area (Å²) in [5, 5.41) is 0. The largest absolute Gasteiger partial charge is 0.380 e. The van der Waals surface area contributed by atoms with Crippen LogP contribution in [0.5, 0.6) is 0 Å². The Morgan fingerprint density at radius 1 is 1.10 bits per heavy atom. The van der Waals surface area contributed by atoms with Crippen molar-refractivity contribution in [3.05, 3.63) is 0 Å². The van der Waals surface area contributed by atoms with E-state index >= 15 is 0 Å². The van der Waals surface area contributed by atoms with Crippen LogP contribution >= 0.6 is 8.69 Å². The van der Waals surface area contributed by atoms with Crippen LogP contribution in [0.15, 0.2) is 0 Å². The molecule has 1 aliphatic rings. The van der Waals surface area contributed by atoms with E-state index in [2.05, 4.69) is 9.05 Å². The summed E-state index contributed by atoms with van der Waals surface area (Å²) < 4.78 is 45.2. The lowest BCUT2D eigenvalue weighted by Crippen LogP contribution is -2.39. The van der Waals surface area contributed by atoms with Crippen molar-refractivity contribution < 1.29 is 22.0 Å². The molecule has 60 valence electrons. The first-order valence-electron chi connectivity index (χ1n) is 2.57. The van der Waals surface area contributed by atoms with Crippen molar-refractivity contribution in [2.24, 2.45) is 0 Å². The van der Waals surface area contributed by atoms with Gasteiger partial charge < -0.3 is 0 Å². The Bertz CT molecular complexity index is 133. The Hall–Kier alpha value is 0.140. The molecule has 2 atom stereocenters. The molecule has 2 nitrogen and oxygen atoms in total. The van der Waals surface area contributed by atoms with E-state index in [4.69, 9.17) is 0 Å². The van der Waals surface area contributed by atoms with E-state index in [1.807, 2.05) is 0 Å². The van der Waals surface area contributed by atoms with Gasteiger partial charge in [-0.3, -0.25) is 9.05 Å². The highest BCUT2D eigenvalue weighted by molar-refractivity contribution is 7.41. The average Bonchev–Trinajstić information content (AvgIpc) is 1.73. The van der Waals surface area contributed by atoms with Crippen LogP contribution in [0.4, 0.5) is 13.0 Å². The van der Waals surface area contributed by atoms with E-state index < -0.39 is 20.4 Å². The van der Waals surface area contributed by atoms with Crippen LogP contribution in [-0.4, -0.2) is 11.7 Å². The molecule has 6 heteroatoms. The van der Waals surface area contributed by atoms with Gasteiger partial charge in [0.05, 0.1) is 0 Å². The highest BCUT2D eigenvalue weighted by Crippen LogP contribution is 2.60. The maximum absolute atomic E-state index is 12.7. The Morgan fingerprint density at radius 2 is 1.40 bits per heavy atom. The lowest BCUT2D eigenvalue weighted by Gasteiger charge is -2.20. The van der Waals surface area contributed by atoms with Crippen LogP contribution in [0, 0.1) is 0 Å². The quantitative estimate of drug-likeness (QED) is 0.525. The zero-order valence-corrected chi connectivity index (χ0v) is 6.29. The van der Waals surface area contributed by atoms with Crippen molar-refractivity contribution in [2.45, 2.75) is 25.6 Å². The van der Waals surface area contributed by atoms with Gasteiger partial charge in [-0.25, -0.2) is 8.78 Å². The first-order valence-corrected chi connectivity index (χ1v) is 3.64. The zero-order chi connectivity index (χ0) is 7.99. The summed E-state index contributed by atoms with van der Waals surface area (Å²) in [6, 6.07) is 0. The maximum Gasteiger partial charge on any atom is 0.380 e. The summed E-state index contributed by atoms with van der Waals surface area (Å²) in [6.45, 7) is 1.57. The number of alkyl halides is 2. The topological polar surface area (TPSA) is 18.5 Å². The number of hydrogen-bond donors (Lipinski definition) is 0. The van der Waals surface area contributed by atoms with Crippen LogP contribution in [0.1, 0.15) is 13.8 Å². The molecule has 10 heavy (non-hydrogen) atoms. The second-order valence-corrected chi connectivity index (χ2v) is 3.02. The smallest absolute Gasteiger partial charge is 0.265 e. The minimum Gasteiger partial charge on any atom is -0.265 e. The van der Waals surface area contributed by atoms with Gasteiger partial charge in [-0.1, -0.05) is 0 Å². The summed E-state index contributed by atoms with van der Waals surface area (Å²) in [6.07, 6.45) is 0. The fraction of sp³-hybridized carbons (Fsp3) is 1.00. The van der Waals surface area contributed by atoms with Gasteiger partial charge in [-0.05, 0) is 0 Å². The first-order chi connectivity index (χ1) is 4.35. The molecule has 1 heterocycles. The number of halogens is 3. The van der Waals surface area contributed by atoms with Gasteiger partial charge in [0.2, 0.25) is 0 Å². The van der Waals surface area contributed by atoms with Crippen LogP contribution in [0.2, 0.25) is 0 Å². The van der Waals surface area contributed by atoms with Gasteiger partial charge in [-0.15, -0.1) is 0 Å². The van der Waals surface area contributed by atoms with Gasteiger partial charge in [-0.2, -0.15) is 4.20 Å². The van der Waals surface area contributed by atoms with Crippen LogP contribution in [0.25, 0.3) is 0 Å². The molecule has 0 saturated carbocycles. The van der Waals surface area contributed by atoms with Crippen molar-refractivity contribution in [3.8, 4) is 0 Å². The summed E-state index contributed by atoms with van der Waals surface area (Å²) >= 11 is 0. The number of hydrogen-bond acceptors (Lipinski definition) is 2. The molecule has 1 fully saturated rings. The molecule has 0 radical (unpaired) electrons. The van der Waals surface area contributed by atoms with Crippen molar-refractivity contribution in [1.82, 2.24) is 0 Å². The molecule has 1 aliphatic heterocycles. The van der Waals surface area contributed by atoms with Crippen molar-refractivity contribution >= 4 is 8.69 Å². The summed E-state index contributed by atoms with van der Waals surface area (Å²) in [4.78, 5) is 0. The standard InChI is InChI=1S/C4H6F3O2P/c1-3(5)4(2,6)9-10(7)8-3/h1-2H3. The maximum atomic E-state index is 12.7. The predicted molar refractivity (Wildman–Crippen MR) is 29.2 cm³/mol. The molecule has 0 aromatic carbocycles. The molecule has 0 aromatic rings. The molecule has 0 N–H and O–H groups in total. The highest BCUT2D eigenvalue weighted by atomic mass is 31.2. The monoisotopic (exact) mass is 174 g/mol. The third kappa shape index (κ3) is 1.13. The van der Waals surface area contributed by atoms with E-state index in [1.54, 1.807) is 0 Å². The van der Waals surface area contributed by atoms with Crippen LogP contribution in [0.3, 0.4) is 0 Å². The molecule has 0 aliphatic carbocycles. The molecule has 0 aromatic heterocycles. The Morgan fingerprint density at radius 3 is 1.50 bits per heavy atom. The van der Waals surface area contributed by atoms with Crippen molar-refractivity contribution in [2.75, 3.05) is 0 Å². The van der Waals surface area contributed by atoms with E-state index in [0.29, 0.717) is 0 Å². The molecule has 1 rings (SSSR count). The minimum atomic E-state index is -2.89. The van der Waals surface area contributed by atoms with Gasteiger partial charge in [0.25, 0.3) is 11.7 Å². The third-order valence-electron chi connectivity index (χ3n) is 1.28. The third-order valence-corrected chi connectivity index (χ3v) is 2.26. The molecule has 0 amide bonds. The lowest BCUT2D eigenvalue weighted by atomic mass is 10.2. The molecule has 1 saturated heterocycles. The summed E-state index contributed by atoms with van der Waals surface area (Å²) in [5.74, 6) is -5.35. The number of rotatable bonds is 0. The molecule has 0 bridgehead atoms.